The summed E-state index contributed by atoms with van der Waals surface area (Å²) in [4.78, 5) is 0. The van der Waals surface area contributed by atoms with Gasteiger partial charge in [0.1, 0.15) is 0 Å². The van der Waals surface area contributed by atoms with Gasteiger partial charge in [-0.3, -0.25) is 0 Å². The number of nitrogens with one attached hydrogen (secondary N) is 1. The standard InChI is InChI=1S/C14H25NO2/c1-11-3-2-4-13(11)15-12-5-7-17-14(9-12)6-8-16-10-14/h11-13,15H,2-10H2,1H3. The summed E-state index contributed by atoms with van der Waals surface area (Å²) >= 11 is 0. The van der Waals surface area contributed by atoms with E-state index in [1.807, 2.05) is 0 Å². The lowest BCUT2D eigenvalue weighted by molar-refractivity contribution is -0.0906. The molecule has 3 heteroatoms. The molecule has 3 aliphatic rings. The van der Waals surface area contributed by atoms with Gasteiger partial charge >= 0.3 is 0 Å². The van der Waals surface area contributed by atoms with E-state index in [1.165, 1.54) is 25.7 Å². The first-order valence-corrected chi connectivity index (χ1v) is 7.25. The topological polar surface area (TPSA) is 30.5 Å². The van der Waals surface area contributed by atoms with Crippen molar-refractivity contribution < 1.29 is 9.47 Å². The Morgan fingerprint density at radius 1 is 1.18 bits per heavy atom. The molecule has 98 valence electrons. The lowest BCUT2D eigenvalue weighted by Gasteiger charge is -2.39. The molecule has 2 heterocycles. The minimum Gasteiger partial charge on any atom is -0.378 e. The molecular formula is C14H25NO2. The Labute approximate surface area is 104 Å². The predicted octanol–water partition coefficient (Wildman–Crippen LogP) is 2.10. The van der Waals surface area contributed by atoms with Gasteiger partial charge in [-0.25, -0.2) is 0 Å². The zero-order valence-electron chi connectivity index (χ0n) is 10.9. The smallest absolute Gasteiger partial charge is 0.0951 e. The number of hydrogen-bond donors (Lipinski definition) is 1. The average molecular weight is 239 g/mol. The van der Waals surface area contributed by atoms with Crippen molar-refractivity contribution in [3.05, 3.63) is 0 Å². The summed E-state index contributed by atoms with van der Waals surface area (Å²) in [5, 5.41) is 3.88. The van der Waals surface area contributed by atoms with Crippen molar-refractivity contribution >= 4 is 0 Å². The summed E-state index contributed by atoms with van der Waals surface area (Å²) in [5.41, 5.74) is 0.0533. The van der Waals surface area contributed by atoms with Crippen LogP contribution in [0.2, 0.25) is 0 Å². The van der Waals surface area contributed by atoms with Gasteiger partial charge in [0.05, 0.1) is 12.2 Å². The first kappa shape index (κ1) is 11.9. The molecule has 0 aromatic heterocycles. The molecule has 0 aromatic carbocycles. The highest BCUT2D eigenvalue weighted by Crippen LogP contribution is 2.34. The van der Waals surface area contributed by atoms with E-state index in [4.69, 9.17) is 9.47 Å². The minimum absolute atomic E-state index is 0.0533. The van der Waals surface area contributed by atoms with E-state index < -0.39 is 0 Å². The molecule has 3 rings (SSSR count). The van der Waals surface area contributed by atoms with Crippen LogP contribution < -0.4 is 5.32 Å². The van der Waals surface area contributed by atoms with E-state index >= 15 is 0 Å². The zero-order valence-corrected chi connectivity index (χ0v) is 10.9. The van der Waals surface area contributed by atoms with E-state index in [2.05, 4.69) is 12.2 Å². The quantitative estimate of drug-likeness (QED) is 0.800. The van der Waals surface area contributed by atoms with Crippen molar-refractivity contribution in [3.8, 4) is 0 Å². The Balaban J connectivity index is 1.56. The van der Waals surface area contributed by atoms with Crippen LogP contribution >= 0.6 is 0 Å². The molecule has 0 bridgehead atoms. The van der Waals surface area contributed by atoms with E-state index in [0.29, 0.717) is 6.04 Å². The summed E-state index contributed by atoms with van der Waals surface area (Å²) in [7, 11) is 0. The summed E-state index contributed by atoms with van der Waals surface area (Å²) < 4.78 is 11.5. The Kier molecular flexibility index (Phi) is 3.42. The van der Waals surface area contributed by atoms with E-state index in [9.17, 15) is 0 Å². The summed E-state index contributed by atoms with van der Waals surface area (Å²) in [6.07, 6.45) is 7.57. The van der Waals surface area contributed by atoms with Crippen LogP contribution in [0.25, 0.3) is 0 Å². The maximum Gasteiger partial charge on any atom is 0.0951 e. The van der Waals surface area contributed by atoms with Crippen LogP contribution in [0, 0.1) is 5.92 Å². The monoisotopic (exact) mass is 239 g/mol. The second kappa shape index (κ2) is 4.87. The van der Waals surface area contributed by atoms with Gasteiger partial charge in [-0.15, -0.1) is 0 Å². The fourth-order valence-corrected chi connectivity index (χ4v) is 3.73. The van der Waals surface area contributed by atoms with Crippen LogP contribution in [0.15, 0.2) is 0 Å². The molecule has 0 amide bonds. The molecule has 0 radical (unpaired) electrons. The van der Waals surface area contributed by atoms with Crippen molar-refractivity contribution in [2.24, 2.45) is 5.92 Å². The van der Waals surface area contributed by atoms with Crippen molar-refractivity contribution in [3.63, 3.8) is 0 Å². The maximum atomic E-state index is 5.98. The van der Waals surface area contributed by atoms with Gasteiger partial charge in [0.2, 0.25) is 0 Å². The Bertz CT molecular complexity index is 263. The van der Waals surface area contributed by atoms with Crippen molar-refractivity contribution in [1.82, 2.24) is 5.32 Å². The van der Waals surface area contributed by atoms with Gasteiger partial charge in [0, 0.05) is 31.7 Å². The first-order valence-electron chi connectivity index (χ1n) is 7.25. The molecule has 3 fully saturated rings. The SMILES string of the molecule is CC1CCCC1NC1CCOC2(CCOC2)C1. The lowest BCUT2D eigenvalue weighted by Crippen LogP contribution is -2.50. The average Bonchev–Trinajstić information content (AvgIpc) is 2.91. The third-order valence-corrected chi connectivity index (χ3v) is 4.87. The van der Waals surface area contributed by atoms with Gasteiger partial charge in [0.15, 0.2) is 0 Å². The number of rotatable bonds is 2. The zero-order chi connectivity index (χ0) is 11.7. The third kappa shape index (κ3) is 2.51. The highest BCUT2D eigenvalue weighted by Gasteiger charge is 2.41. The van der Waals surface area contributed by atoms with E-state index in [-0.39, 0.29) is 5.60 Å². The highest BCUT2D eigenvalue weighted by atomic mass is 16.6. The first-order chi connectivity index (χ1) is 8.27. The van der Waals surface area contributed by atoms with Crippen LogP contribution in [0.1, 0.15) is 45.4 Å². The van der Waals surface area contributed by atoms with Crippen LogP contribution in [0.4, 0.5) is 0 Å². The summed E-state index contributed by atoms with van der Waals surface area (Å²) in [6.45, 7) is 4.98. The lowest BCUT2D eigenvalue weighted by atomic mass is 9.89. The fourth-order valence-electron chi connectivity index (χ4n) is 3.73. The van der Waals surface area contributed by atoms with E-state index in [0.717, 1.165) is 44.6 Å². The van der Waals surface area contributed by atoms with Gasteiger partial charge < -0.3 is 14.8 Å². The largest absolute Gasteiger partial charge is 0.378 e. The highest BCUT2D eigenvalue weighted by molar-refractivity contribution is 4.94. The van der Waals surface area contributed by atoms with Crippen LogP contribution in [-0.2, 0) is 9.47 Å². The molecule has 3 nitrogen and oxygen atoms in total. The van der Waals surface area contributed by atoms with Gasteiger partial charge in [0.25, 0.3) is 0 Å². The molecule has 4 atom stereocenters. The molecule has 1 saturated carbocycles. The molecule has 2 saturated heterocycles. The molecule has 1 spiro atoms. The molecular weight excluding hydrogens is 214 g/mol. The molecule has 0 aromatic rings. The van der Waals surface area contributed by atoms with Crippen LogP contribution in [0.5, 0.6) is 0 Å². The van der Waals surface area contributed by atoms with Gasteiger partial charge in [-0.2, -0.15) is 0 Å². The predicted molar refractivity (Wildman–Crippen MR) is 67.1 cm³/mol. The molecule has 1 aliphatic carbocycles. The second-order valence-electron chi connectivity index (χ2n) is 6.21. The summed E-state index contributed by atoms with van der Waals surface area (Å²) in [5.74, 6) is 0.855. The minimum atomic E-state index is 0.0533. The number of hydrogen-bond acceptors (Lipinski definition) is 3. The fraction of sp³-hybridized carbons (Fsp3) is 1.00. The normalized spacial score (nSPS) is 46.8. The van der Waals surface area contributed by atoms with Crippen molar-refractivity contribution in [2.45, 2.75) is 63.1 Å². The van der Waals surface area contributed by atoms with Crippen molar-refractivity contribution in [2.75, 3.05) is 19.8 Å². The maximum absolute atomic E-state index is 5.98. The molecule has 2 aliphatic heterocycles. The van der Waals surface area contributed by atoms with Crippen LogP contribution in [0.3, 0.4) is 0 Å². The van der Waals surface area contributed by atoms with E-state index in [1.54, 1.807) is 0 Å². The van der Waals surface area contributed by atoms with Gasteiger partial charge in [-0.1, -0.05) is 13.3 Å². The Morgan fingerprint density at radius 2 is 2.12 bits per heavy atom. The summed E-state index contributed by atoms with van der Waals surface area (Å²) in [6, 6.07) is 1.40. The third-order valence-electron chi connectivity index (χ3n) is 4.87. The number of ether oxygens (including phenoxy) is 2. The molecule has 4 unspecified atom stereocenters. The molecule has 1 N–H and O–H groups in total. The molecule has 17 heavy (non-hydrogen) atoms. The van der Waals surface area contributed by atoms with Crippen LogP contribution in [-0.4, -0.2) is 37.5 Å². The Morgan fingerprint density at radius 3 is 2.82 bits per heavy atom. The second-order valence-corrected chi connectivity index (χ2v) is 6.21. The van der Waals surface area contributed by atoms with Crippen molar-refractivity contribution in [1.29, 1.82) is 0 Å². The Hall–Kier alpha value is -0.120. The van der Waals surface area contributed by atoms with Gasteiger partial charge in [-0.05, 0) is 31.6 Å².